The lowest BCUT2D eigenvalue weighted by atomic mass is 9.99. The maximum absolute atomic E-state index is 12.7. The first-order chi connectivity index (χ1) is 12.5. The normalized spacial score (nSPS) is 18.7. The van der Waals surface area contributed by atoms with E-state index < -0.39 is 23.9 Å². The Morgan fingerprint density at radius 2 is 1.92 bits per heavy atom. The molecule has 132 valence electrons. The lowest BCUT2D eigenvalue weighted by molar-refractivity contribution is -0.121. The minimum absolute atomic E-state index is 0.295. The van der Waals surface area contributed by atoms with Crippen LogP contribution in [0.4, 0.5) is 0 Å². The van der Waals surface area contributed by atoms with Gasteiger partial charge in [-0.25, -0.2) is 4.79 Å². The molecule has 3 aromatic rings. The van der Waals surface area contributed by atoms with Crippen molar-refractivity contribution in [3.8, 4) is 0 Å². The third-order valence-corrected chi connectivity index (χ3v) is 6.40. The van der Waals surface area contributed by atoms with Gasteiger partial charge in [-0.2, -0.15) is 0 Å². The number of nitrogens with two attached hydrogens (primary N) is 1. The standard InChI is InChI=1S/C19H13Cl2NO3S/c20-10-5-6-12-14(8-10)26-17(16(12)21)19(24)25-13-7-9-3-1-2-4-11(9)15(13)18(22)23/h1-6,8,13,15H,7H2,(H2,22,23). The molecule has 0 saturated carbocycles. The number of carbonyl (C=O) groups excluding carboxylic acids is 2. The van der Waals surface area contributed by atoms with Crippen LogP contribution in [-0.2, 0) is 16.0 Å². The van der Waals surface area contributed by atoms with E-state index >= 15 is 0 Å². The molecule has 0 saturated heterocycles. The summed E-state index contributed by atoms with van der Waals surface area (Å²) in [7, 11) is 0. The smallest absolute Gasteiger partial charge is 0.350 e. The van der Waals surface area contributed by atoms with E-state index in [0.29, 0.717) is 21.3 Å². The molecule has 1 amide bonds. The highest BCUT2D eigenvalue weighted by Crippen LogP contribution is 2.39. The number of benzene rings is 2. The average Bonchev–Trinajstić information content (AvgIpc) is 3.12. The lowest BCUT2D eigenvalue weighted by Crippen LogP contribution is -2.32. The predicted molar refractivity (Wildman–Crippen MR) is 103 cm³/mol. The van der Waals surface area contributed by atoms with Gasteiger partial charge in [0.05, 0.1) is 5.02 Å². The fourth-order valence-corrected chi connectivity index (χ4v) is 5.03. The van der Waals surface area contributed by atoms with Crippen molar-refractivity contribution < 1.29 is 14.3 Å². The fraction of sp³-hybridized carbons (Fsp3) is 0.158. The van der Waals surface area contributed by atoms with Crippen LogP contribution >= 0.6 is 34.5 Å². The van der Waals surface area contributed by atoms with Gasteiger partial charge >= 0.3 is 5.97 Å². The molecule has 0 radical (unpaired) electrons. The highest BCUT2D eigenvalue weighted by Gasteiger charge is 2.39. The maximum Gasteiger partial charge on any atom is 0.350 e. The summed E-state index contributed by atoms with van der Waals surface area (Å²) in [5.41, 5.74) is 7.33. The van der Waals surface area contributed by atoms with E-state index in [0.717, 1.165) is 21.2 Å². The number of thiophene rings is 1. The summed E-state index contributed by atoms with van der Waals surface area (Å²) < 4.78 is 6.45. The Labute approximate surface area is 163 Å². The summed E-state index contributed by atoms with van der Waals surface area (Å²) in [6.45, 7) is 0. The molecule has 1 aromatic heterocycles. The number of primary amides is 1. The van der Waals surface area contributed by atoms with Gasteiger partial charge in [-0.3, -0.25) is 4.79 Å². The third kappa shape index (κ3) is 2.86. The lowest BCUT2D eigenvalue weighted by Gasteiger charge is -2.17. The average molecular weight is 406 g/mol. The van der Waals surface area contributed by atoms with Crippen LogP contribution in [0.1, 0.15) is 26.7 Å². The van der Waals surface area contributed by atoms with Gasteiger partial charge in [-0.05, 0) is 23.3 Å². The second-order valence-corrected chi connectivity index (χ2v) is 7.98. The molecule has 4 rings (SSSR count). The first-order valence-corrected chi connectivity index (χ1v) is 9.48. The number of esters is 1. The number of carbonyl (C=O) groups is 2. The molecule has 1 aliphatic carbocycles. The molecular weight excluding hydrogens is 393 g/mol. The van der Waals surface area contributed by atoms with Crippen LogP contribution < -0.4 is 5.73 Å². The van der Waals surface area contributed by atoms with Crippen molar-refractivity contribution >= 4 is 56.5 Å². The van der Waals surface area contributed by atoms with Crippen LogP contribution in [0.2, 0.25) is 10.0 Å². The quantitative estimate of drug-likeness (QED) is 0.649. The van der Waals surface area contributed by atoms with E-state index in [1.807, 2.05) is 24.3 Å². The second kappa shape index (κ2) is 6.58. The molecule has 4 nitrogen and oxygen atoms in total. The minimum atomic E-state index is -0.655. The summed E-state index contributed by atoms with van der Waals surface area (Å²) in [6, 6.07) is 12.7. The Kier molecular flexibility index (Phi) is 4.39. The molecular formula is C19H13Cl2NO3S. The summed E-state index contributed by atoms with van der Waals surface area (Å²) in [5, 5.41) is 1.64. The number of ether oxygens (including phenoxy) is 1. The van der Waals surface area contributed by atoms with E-state index in [9.17, 15) is 9.59 Å². The Balaban J connectivity index is 1.65. The van der Waals surface area contributed by atoms with Crippen LogP contribution in [0.15, 0.2) is 42.5 Å². The molecule has 1 aliphatic rings. The van der Waals surface area contributed by atoms with Crippen molar-refractivity contribution in [1.82, 2.24) is 0 Å². The Bertz CT molecular complexity index is 1050. The van der Waals surface area contributed by atoms with Gasteiger partial charge in [0.25, 0.3) is 0 Å². The van der Waals surface area contributed by atoms with Crippen molar-refractivity contribution in [3.63, 3.8) is 0 Å². The zero-order valence-corrected chi connectivity index (χ0v) is 15.7. The van der Waals surface area contributed by atoms with Gasteiger partial charge in [0.1, 0.15) is 16.9 Å². The molecule has 0 bridgehead atoms. The number of hydrogen-bond donors (Lipinski definition) is 1. The van der Waals surface area contributed by atoms with Crippen LogP contribution in [0, 0.1) is 0 Å². The molecule has 1 heterocycles. The summed E-state index contributed by atoms with van der Waals surface area (Å²) in [5.74, 6) is -1.73. The predicted octanol–water partition coefficient (Wildman–Crippen LogP) is 4.56. The fourth-order valence-electron chi connectivity index (χ4n) is 3.37. The summed E-state index contributed by atoms with van der Waals surface area (Å²) in [4.78, 5) is 24.9. The largest absolute Gasteiger partial charge is 0.457 e. The molecule has 2 N–H and O–H groups in total. The zero-order chi connectivity index (χ0) is 18.4. The van der Waals surface area contributed by atoms with Gasteiger partial charge in [0.15, 0.2) is 0 Å². The maximum atomic E-state index is 12.7. The first kappa shape index (κ1) is 17.3. The van der Waals surface area contributed by atoms with Crippen molar-refractivity contribution in [3.05, 3.63) is 68.5 Å². The SMILES string of the molecule is NC(=O)C1c2ccccc2CC1OC(=O)c1sc2cc(Cl)ccc2c1Cl. The van der Waals surface area contributed by atoms with Gasteiger partial charge in [0, 0.05) is 21.5 Å². The van der Waals surface area contributed by atoms with E-state index in [1.54, 1.807) is 18.2 Å². The molecule has 0 aliphatic heterocycles. The molecule has 2 atom stereocenters. The van der Waals surface area contributed by atoms with Gasteiger partial charge < -0.3 is 10.5 Å². The highest BCUT2D eigenvalue weighted by molar-refractivity contribution is 7.21. The van der Waals surface area contributed by atoms with E-state index in [4.69, 9.17) is 33.7 Å². The second-order valence-electron chi connectivity index (χ2n) is 6.11. The van der Waals surface area contributed by atoms with Crippen LogP contribution in [0.25, 0.3) is 10.1 Å². The molecule has 7 heteroatoms. The van der Waals surface area contributed by atoms with Gasteiger partial charge in [-0.15, -0.1) is 11.3 Å². The number of rotatable bonds is 3. The van der Waals surface area contributed by atoms with Crippen LogP contribution in [0.3, 0.4) is 0 Å². The molecule has 2 aromatic carbocycles. The molecule has 0 spiro atoms. The van der Waals surface area contributed by atoms with E-state index in [2.05, 4.69) is 0 Å². The van der Waals surface area contributed by atoms with E-state index in [-0.39, 0.29) is 0 Å². The highest BCUT2D eigenvalue weighted by atomic mass is 35.5. The number of amides is 1. The molecule has 2 unspecified atom stereocenters. The third-order valence-electron chi connectivity index (χ3n) is 4.52. The summed E-state index contributed by atoms with van der Waals surface area (Å²) in [6.07, 6.45) is -0.189. The Morgan fingerprint density at radius 3 is 2.69 bits per heavy atom. The Hall–Kier alpha value is -2.08. The van der Waals surface area contributed by atoms with Crippen molar-refractivity contribution in [1.29, 1.82) is 0 Å². The van der Waals surface area contributed by atoms with E-state index in [1.165, 1.54) is 11.3 Å². The van der Waals surface area contributed by atoms with Gasteiger partial charge in [0.2, 0.25) is 5.91 Å². The number of fused-ring (bicyclic) bond motifs is 2. The van der Waals surface area contributed by atoms with Crippen molar-refractivity contribution in [2.24, 2.45) is 5.73 Å². The molecule has 0 fully saturated rings. The number of hydrogen-bond acceptors (Lipinski definition) is 4. The van der Waals surface area contributed by atoms with Gasteiger partial charge in [-0.1, -0.05) is 53.5 Å². The number of halogens is 2. The topological polar surface area (TPSA) is 69.4 Å². The monoisotopic (exact) mass is 405 g/mol. The zero-order valence-electron chi connectivity index (χ0n) is 13.4. The summed E-state index contributed by atoms with van der Waals surface area (Å²) >= 11 is 13.6. The van der Waals surface area contributed by atoms with Crippen molar-refractivity contribution in [2.45, 2.75) is 18.4 Å². The van der Waals surface area contributed by atoms with Crippen LogP contribution in [-0.4, -0.2) is 18.0 Å². The minimum Gasteiger partial charge on any atom is -0.457 e. The van der Waals surface area contributed by atoms with Crippen LogP contribution in [0.5, 0.6) is 0 Å². The van der Waals surface area contributed by atoms with Crippen molar-refractivity contribution in [2.75, 3.05) is 0 Å². The first-order valence-electron chi connectivity index (χ1n) is 7.91. The Morgan fingerprint density at radius 1 is 1.15 bits per heavy atom. The molecule has 26 heavy (non-hydrogen) atoms.